The summed E-state index contributed by atoms with van der Waals surface area (Å²) >= 11 is 0. The van der Waals surface area contributed by atoms with Crippen molar-refractivity contribution >= 4 is 11.8 Å². The van der Waals surface area contributed by atoms with Crippen molar-refractivity contribution < 1.29 is 4.79 Å². The first-order valence-electron chi connectivity index (χ1n) is 8.93. The first-order chi connectivity index (χ1) is 12.1. The van der Waals surface area contributed by atoms with Gasteiger partial charge in [-0.15, -0.1) is 0 Å². The second kappa shape index (κ2) is 6.06. The number of hydrogen-bond donors (Lipinski definition) is 1. The fourth-order valence-corrected chi connectivity index (χ4v) is 4.24. The minimum atomic E-state index is -0.0628. The predicted molar refractivity (Wildman–Crippen MR) is 98.3 cm³/mol. The van der Waals surface area contributed by atoms with Gasteiger partial charge in [-0.1, -0.05) is 49.4 Å². The number of aromatic nitrogens is 2. The quantitative estimate of drug-likeness (QED) is 0.864. The smallest absolute Gasteiger partial charge is 0.316 e. The van der Waals surface area contributed by atoms with Crippen LogP contribution >= 0.6 is 0 Å². The molecule has 1 fully saturated rings. The van der Waals surface area contributed by atoms with Gasteiger partial charge < -0.3 is 4.90 Å². The van der Waals surface area contributed by atoms with Gasteiger partial charge in [-0.3, -0.25) is 10.00 Å². The van der Waals surface area contributed by atoms with Gasteiger partial charge in [0.05, 0.1) is 6.04 Å². The maximum atomic E-state index is 12.9. The molecule has 4 rings (SSSR count). The molecule has 2 aromatic rings. The van der Waals surface area contributed by atoms with Crippen molar-refractivity contribution in [3.63, 3.8) is 0 Å². The number of rotatable bonds is 3. The predicted octanol–water partition coefficient (Wildman–Crippen LogP) is 3.91. The van der Waals surface area contributed by atoms with Gasteiger partial charge >= 0.3 is 6.03 Å². The molecular weight excluding hydrogens is 312 g/mol. The summed E-state index contributed by atoms with van der Waals surface area (Å²) in [6, 6.07) is 12.4. The van der Waals surface area contributed by atoms with E-state index >= 15 is 0 Å². The van der Waals surface area contributed by atoms with Crippen molar-refractivity contribution in [2.45, 2.75) is 32.2 Å². The van der Waals surface area contributed by atoms with Crippen LogP contribution in [-0.4, -0.2) is 27.3 Å². The van der Waals surface area contributed by atoms with E-state index in [-0.39, 0.29) is 17.5 Å². The Morgan fingerprint density at radius 3 is 2.64 bits per heavy atom. The van der Waals surface area contributed by atoms with Crippen molar-refractivity contribution in [3.8, 4) is 0 Å². The van der Waals surface area contributed by atoms with Crippen LogP contribution in [-0.2, 0) is 13.5 Å². The number of nitrogens with zero attached hydrogens (tertiary/aromatic N) is 3. The fraction of sp³-hybridized carbons (Fsp3) is 0.400. The Kier molecular flexibility index (Phi) is 3.86. The molecule has 1 aliphatic heterocycles. The molecule has 2 amide bonds. The van der Waals surface area contributed by atoms with E-state index < -0.39 is 0 Å². The van der Waals surface area contributed by atoms with Crippen molar-refractivity contribution in [3.05, 3.63) is 59.8 Å². The minimum Gasteiger partial charge on any atom is -0.316 e. The molecule has 25 heavy (non-hydrogen) atoms. The van der Waals surface area contributed by atoms with Crippen LogP contribution in [0, 0.1) is 5.41 Å². The summed E-state index contributed by atoms with van der Waals surface area (Å²) < 4.78 is 1.82. The zero-order valence-electron chi connectivity index (χ0n) is 14.8. The summed E-state index contributed by atoms with van der Waals surface area (Å²) in [5.74, 6) is 0.627. The molecule has 1 aromatic heterocycles. The molecular formula is C20H24N4O. The lowest BCUT2D eigenvalue weighted by Crippen LogP contribution is -2.60. The molecule has 130 valence electrons. The zero-order valence-corrected chi connectivity index (χ0v) is 14.8. The Morgan fingerprint density at radius 1 is 1.28 bits per heavy atom. The van der Waals surface area contributed by atoms with E-state index in [0.717, 1.165) is 31.5 Å². The number of amides is 2. The van der Waals surface area contributed by atoms with Crippen molar-refractivity contribution in [1.82, 2.24) is 14.7 Å². The van der Waals surface area contributed by atoms with Gasteiger partial charge in [0.15, 0.2) is 5.82 Å². The molecule has 1 spiro atoms. The number of aryl methyl sites for hydroxylation is 2. The highest BCUT2D eigenvalue weighted by Crippen LogP contribution is 2.56. The minimum absolute atomic E-state index is 0.0628. The summed E-state index contributed by atoms with van der Waals surface area (Å²) in [6.07, 6.45) is 7.47. The molecule has 5 nitrogen and oxygen atoms in total. The second-order valence-electron chi connectivity index (χ2n) is 7.11. The molecule has 1 unspecified atom stereocenters. The van der Waals surface area contributed by atoms with Crippen LogP contribution < -0.4 is 5.32 Å². The Hall–Kier alpha value is -2.56. The number of allylic oxidation sites excluding steroid dienone is 2. The number of carbonyl (C=O) groups excluding carboxylic acids is 1. The van der Waals surface area contributed by atoms with Crippen LogP contribution in [0.15, 0.2) is 48.6 Å². The lowest BCUT2D eigenvalue weighted by molar-refractivity contribution is -0.0308. The summed E-state index contributed by atoms with van der Waals surface area (Å²) in [5, 5.41) is 7.37. The van der Waals surface area contributed by atoms with E-state index in [1.807, 2.05) is 40.9 Å². The number of hydrogen-bond acceptors (Lipinski definition) is 2. The first kappa shape index (κ1) is 15.9. The molecule has 1 N–H and O–H groups in total. The third kappa shape index (κ3) is 2.64. The van der Waals surface area contributed by atoms with E-state index in [1.54, 1.807) is 0 Å². The van der Waals surface area contributed by atoms with Crippen LogP contribution in [0.4, 0.5) is 10.6 Å². The van der Waals surface area contributed by atoms with E-state index in [4.69, 9.17) is 0 Å². The summed E-state index contributed by atoms with van der Waals surface area (Å²) in [7, 11) is 1.91. The molecule has 1 aromatic carbocycles. The monoisotopic (exact) mass is 336 g/mol. The molecule has 1 atom stereocenters. The normalized spacial score (nSPS) is 20.7. The van der Waals surface area contributed by atoms with Gasteiger partial charge in [0.25, 0.3) is 0 Å². The number of carbonyl (C=O) groups is 1. The van der Waals surface area contributed by atoms with Gasteiger partial charge in [0.1, 0.15) is 0 Å². The van der Waals surface area contributed by atoms with Gasteiger partial charge in [-0.2, -0.15) is 5.10 Å². The number of benzene rings is 1. The Morgan fingerprint density at radius 2 is 2.00 bits per heavy atom. The van der Waals surface area contributed by atoms with Crippen LogP contribution in [0.5, 0.6) is 0 Å². The SMILES string of the molecule is CCc1cc(NC(=O)N2CC3(CC=CC3)C2c2ccccc2)nn1C. The highest BCUT2D eigenvalue weighted by Gasteiger charge is 2.54. The van der Waals surface area contributed by atoms with Gasteiger partial charge in [0.2, 0.25) is 0 Å². The fourth-order valence-electron chi connectivity index (χ4n) is 4.24. The van der Waals surface area contributed by atoms with Gasteiger partial charge in [-0.05, 0) is 24.8 Å². The molecule has 5 heteroatoms. The van der Waals surface area contributed by atoms with Gasteiger partial charge in [-0.25, -0.2) is 4.79 Å². The van der Waals surface area contributed by atoms with E-state index in [9.17, 15) is 4.79 Å². The zero-order chi connectivity index (χ0) is 17.4. The molecule has 0 saturated carbocycles. The van der Waals surface area contributed by atoms with Crippen LogP contribution in [0.1, 0.15) is 37.1 Å². The van der Waals surface area contributed by atoms with E-state index in [2.05, 4.69) is 41.6 Å². The average Bonchev–Trinajstić information content (AvgIpc) is 3.21. The summed E-state index contributed by atoms with van der Waals surface area (Å²) in [6.45, 7) is 2.87. The number of likely N-dealkylation sites (tertiary alicyclic amines) is 1. The molecule has 1 saturated heterocycles. The van der Waals surface area contributed by atoms with Crippen LogP contribution in [0.2, 0.25) is 0 Å². The van der Waals surface area contributed by atoms with Crippen molar-refractivity contribution in [2.24, 2.45) is 12.5 Å². The maximum absolute atomic E-state index is 12.9. The Bertz CT molecular complexity index is 800. The molecule has 1 aliphatic carbocycles. The molecule has 0 radical (unpaired) electrons. The third-order valence-corrected chi connectivity index (χ3v) is 5.54. The highest BCUT2D eigenvalue weighted by molar-refractivity contribution is 5.89. The largest absolute Gasteiger partial charge is 0.323 e. The maximum Gasteiger partial charge on any atom is 0.323 e. The topological polar surface area (TPSA) is 50.2 Å². The number of urea groups is 1. The van der Waals surface area contributed by atoms with E-state index in [1.165, 1.54) is 5.56 Å². The van der Waals surface area contributed by atoms with Crippen molar-refractivity contribution in [1.29, 1.82) is 0 Å². The molecule has 2 heterocycles. The van der Waals surface area contributed by atoms with E-state index in [0.29, 0.717) is 5.82 Å². The summed E-state index contributed by atoms with van der Waals surface area (Å²) in [4.78, 5) is 14.8. The standard InChI is InChI=1S/C20H24N4O/c1-3-16-13-17(22-23(16)2)21-19(25)24-14-20(11-7-8-12-20)18(24)15-9-5-4-6-10-15/h4-10,13,18H,3,11-12,14H2,1-2H3,(H,21,22,25). The van der Waals surface area contributed by atoms with Crippen LogP contribution in [0.3, 0.4) is 0 Å². The Balaban J connectivity index is 1.55. The lowest BCUT2D eigenvalue weighted by atomic mass is 9.67. The molecule has 0 bridgehead atoms. The summed E-state index contributed by atoms with van der Waals surface area (Å²) in [5.41, 5.74) is 2.48. The lowest BCUT2D eigenvalue weighted by Gasteiger charge is -2.56. The number of anilines is 1. The van der Waals surface area contributed by atoms with Crippen molar-refractivity contribution in [2.75, 3.05) is 11.9 Å². The third-order valence-electron chi connectivity index (χ3n) is 5.54. The highest BCUT2D eigenvalue weighted by atomic mass is 16.2. The first-order valence-corrected chi connectivity index (χ1v) is 8.93. The van der Waals surface area contributed by atoms with Crippen LogP contribution in [0.25, 0.3) is 0 Å². The average molecular weight is 336 g/mol. The Labute approximate surface area is 148 Å². The van der Waals surface area contributed by atoms with Gasteiger partial charge in [0, 0.05) is 30.8 Å². The molecule has 2 aliphatic rings. The number of nitrogens with one attached hydrogen (secondary N) is 1. The second-order valence-corrected chi connectivity index (χ2v) is 7.11.